The van der Waals surface area contributed by atoms with Crippen molar-refractivity contribution >= 4 is 28.9 Å². The molecule has 4 nitrogen and oxygen atoms in total. The van der Waals surface area contributed by atoms with E-state index in [2.05, 4.69) is 12.0 Å². The van der Waals surface area contributed by atoms with Crippen LogP contribution in [0.25, 0.3) is 0 Å². The van der Waals surface area contributed by atoms with Crippen LogP contribution in [0.5, 0.6) is 5.75 Å². The van der Waals surface area contributed by atoms with Crippen molar-refractivity contribution in [1.29, 1.82) is 0 Å². The molecule has 0 saturated heterocycles. The van der Waals surface area contributed by atoms with Gasteiger partial charge in [-0.05, 0) is 31.5 Å². The van der Waals surface area contributed by atoms with Gasteiger partial charge in [0.05, 0.1) is 21.4 Å². The van der Waals surface area contributed by atoms with Gasteiger partial charge < -0.3 is 10.5 Å². The first-order chi connectivity index (χ1) is 9.55. The molecule has 0 atom stereocenters. The quantitative estimate of drug-likeness (QED) is 0.851. The molecule has 0 aliphatic carbocycles. The van der Waals surface area contributed by atoms with E-state index in [0.29, 0.717) is 28.1 Å². The lowest BCUT2D eigenvalue weighted by atomic mass is 10.3. The van der Waals surface area contributed by atoms with E-state index in [1.54, 1.807) is 12.1 Å². The second-order valence-corrected chi connectivity index (χ2v) is 5.21. The van der Waals surface area contributed by atoms with Crippen LogP contribution >= 0.6 is 23.2 Å². The van der Waals surface area contributed by atoms with E-state index < -0.39 is 0 Å². The summed E-state index contributed by atoms with van der Waals surface area (Å²) in [6.45, 7) is 5.27. The summed E-state index contributed by atoms with van der Waals surface area (Å²) in [6.07, 6.45) is 0.892. The van der Waals surface area contributed by atoms with Crippen molar-refractivity contribution in [1.82, 2.24) is 9.78 Å². The number of aromatic nitrogens is 2. The zero-order valence-electron chi connectivity index (χ0n) is 11.5. The lowest BCUT2D eigenvalue weighted by Gasteiger charge is -2.11. The van der Waals surface area contributed by atoms with Gasteiger partial charge in [-0.15, -0.1) is 0 Å². The third-order valence-electron chi connectivity index (χ3n) is 2.96. The molecule has 1 aromatic heterocycles. The minimum absolute atomic E-state index is 0.365. The summed E-state index contributed by atoms with van der Waals surface area (Å²) in [4.78, 5) is 0. The van der Waals surface area contributed by atoms with E-state index in [1.165, 1.54) is 0 Å². The lowest BCUT2D eigenvalue weighted by molar-refractivity contribution is 0.293. The Morgan fingerprint density at radius 1 is 1.20 bits per heavy atom. The summed E-state index contributed by atoms with van der Waals surface area (Å²) < 4.78 is 7.64. The highest BCUT2D eigenvalue weighted by molar-refractivity contribution is 6.37. The van der Waals surface area contributed by atoms with Crippen LogP contribution < -0.4 is 10.5 Å². The Bertz CT molecular complexity index is 587. The van der Waals surface area contributed by atoms with E-state index in [-0.39, 0.29) is 0 Å². The lowest BCUT2D eigenvalue weighted by Crippen LogP contribution is -2.06. The number of nitrogens with zero attached hydrogens (tertiary/aromatic N) is 2. The second kappa shape index (κ2) is 6.37. The number of nitrogen functional groups attached to an aromatic ring is 1. The van der Waals surface area contributed by atoms with Crippen molar-refractivity contribution in [3.63, 3.8) is 0 Å². The molecule has 0 radical (unpaired) electrons. The van der Waals surface area contributed by atoms with Gasteiger partial charge >= 0.3 is 0 Å². The number of halogens is 2. The normalized spacial score (nSPS) is 10.8. The number of anilines is 1. The Morgan fingerprint density at radius 2 is 1.85 bits per heavy atom. The summed E-state index contributed by atoms with van der Waals surface area (Å²) in [5, 5.41) is 5.29. The number of hydrogen-bond donors (Lipinski definition) is 1. The highest BCUT2D eigenvalue weighted by atomic mass is 35.5. The van der Waals surface area contributed by atoms with Crippen LogP contribution in [0.2, 0.25) is 10.0 Å². The van der Waals surface area contributed by atoms with Gasteiger partial charge in [0.25, 0.3) is 0 Å². The molecule has 0 fully saturated rings. The Balaban J connectivity index is 2.18. The molecule has 1 aromatic carbocycles. The molecule has 0 saturated carbocycles. The van der Waals surface area contributed by atoms with Gasteiger partial charge in [-0.2, -0.15) is 5.10 Å². The number of nitrogens with two attached hydrogens (primary N) is 1. The van der Waals surface area contributed by atoms with Crippen molar-refractivity contribution in [2.75, 3.05) is 5.73 Å². The monoisotopic (exact) mass is 313 g/mol. The molecule has 2 rings (SSSR count). The number of hydrogen-bond acceptors (Lipinski definition) is 3. The van der Waals surface area contributed by atoms with Crippen LogP contribution in [0.4, 0.5) is 5.69 Å². The molecular weight excluding hydrogens is 297 g/mol. The average molecular weight is 314 g/mol. The maximum atomic E-state index is 6.10. The molecule has 20 heavy (non-hydrogen) atoms. The van der Waals surface area contributed by atoms with Crippen LogP contribution in [0.15, 0.2) is 18.2 Å². The van der Waals surface area contributed by atoms with E-state index in [4.69, 9.17) is 33.7 Å². The van der Waals surface area contributed by atoms with Gasteiger partial charge in [0.1, 0.15) is 6.61 Å². The number of aryl methyl sites for hydroxylation is 2. The number of ether oxygens (including phenoxy) is 1. The zero-order chi connectivity index (χ0) is 14.7. The maximum Gasteiger partial charge on any atom is 0.157 e. The minimum Gasteiger partial charge on any atom is -0.484 e. The number of rotatable bonds is 5. The van der Waals surface area contributed by atoms with E-state index in [0.717, 1.165) is 24.4 Å². The van der Waals surface area contributed by atoms with Crippen molar-refractivity contribution in [3.8, 4) is 5.75 Å². The molecule has 108 valence electrons. The first-order valence-electron chi connectivity index (χ1n) is 6.48. The molecular formula is C14H17Cl2N3O. The molecule has 0 spiro atoms. The molecule has 2 aromatic rings. The Labute approximate surface area is 128 Å². The fourth-order valence-electron chi connectivity index (χ4n) is 1.94. The van der Waals surface area contributed by atoms with Crippen LogP contribution in [0, 0.1) is 0 Å². The summed E-state index contributed by atoms with van der Waals surface area (Å²) in [7, 11) is 0. The highest BCUT2D eigenvalue weighted by Crippen LogP contribution is 2.35. The van der Waals surface area contributed by atoms with E-state index in [1.807, 2.05) is 17.7 Å². The average Bonchev–Trinajstić information content (AvgIpc) is 2.80. The van der Waals surface area contributed by atoms with Gasteiger partial charge in [-0.1, -0.05) is 30.1 Å². The van der Waals surface area contributed by atoms with Crippen molar-refractivity contribution in [2.45, 2.75) is 33.4 Å². The van der Waals surface area contributed by atoms with E-state index >= 15 is 0 Å². The van der Waals surface area contributed by atoms with Gasteiger partial charge in [-0.3, -0.25) is 4.68 Å². The van der Waals surface area contributed by atoms with Crippen molar-refractivity contribution in [3.05, 3.63) is 39.6 Å². The third kappa shape index (κ3) is 3.19. The third-order valence-corrected chi connectivity index (χ3v) is 3.52. The first-order valence-corrected chi connectivity index (χ1v) is 7.23. The first kappa shape index (κ1) is 15.0. The van der Waals surface area contributed by atoms with Gasteiger partial charge in [0, 0.05) is 12.2 Å². The molecule has 0 unspecified atom stereocenters. The standard InChI is InChI=1S/C14H17Cl2N3O/c1-3-10-7-11(19(4-2)18-10)8-20-14-12(15)5-9(17)6-13(14)16/h5-7H,3-4,8,17H2,1-2H3. The summed E-state index contributed by atoms with van der Waals surface area (Å²) in [6, 6.07) is 5.28. The summed E-state index contributed by atoms with van der Waals surface area (Å²) in [5.74, 6) is 0.449. The smallest absolute Gasteiger partial charge is 0.157 e. The number of benzene rings is 1. The second-order valence-electron chi connectivity index (χ2n) is 4.40. The van der Waals surface area contributed by atoms with Gasteiger partial charge in [0.2, 0.25) is 0 Å². The summed E-state index contributed by atoms with van der Waals surface area (Å²) in [5.41, 5.74) is 8.21. The molecule has 2 N–H and O–H groups in total. The fraction of sp³-hybridized carbons (Fsp3) is 0.357. The Kier molecular flexibility index (Phi) is 4.78. The summed E-state index contributed by atoms with van der Waals surface area (Å²) >= 11 is 12.2. The largest absolute Gasteiger partial charge is 0.484 e. The van der Waals surface area contributed by atoms with Crippen LogP contribution in [0.3, 0.4) is 0 Å². The maximum absolute atomic E-state index is 6.10. The topological polar surface area (TPSA) is 53.1 Å². The van der Waals surface area contributed by atoms with Crippen molar-refractivity contribution < 1.29 is 4.74 Å². The predicted octanol–water partition coefficient (Wildman–Crippen LogP) is 3.93. The molecule has 0 aliphatic heterocycles. The molecule has 6 heteroatoms. The van der Waals surface area contributed by atoms with Crippen LogP contribution in [-0.4, -0.2) is 9.78 Å². The molecule has 0 bridgehead atoms. The Morgan fingerprint density at radius 3 is 2.40 bits per heavy atom. The minimum atomic E-state index is 0.365. The SMILES string of the molecule is CCc1cc(COc2c(Cl)cc(N)cc2Cl)n(CC)n1. The predicted molar refractivity (Wildman–Crippen MR) is 82.5 cm³/mol. The highest BCUT2D eigenvalue weighted by Gasteiger charge is 2.11. The van der Waals surface area contributed by atoms with Crippen molar-refractivity contribution in [2.24, 2.45) is 0 Å². The molecule has 1 heterocycles. The fourth-order valence-corrected chi connectivity index (χ4v) is 2.55. The molecule has 0 amide bonds. The van der Waals surface area contributed by atoms with Gasteiger partial charge in [0.15, 0.2) is 5.75 Å². The zero-order valence-corrected chi connectivity index (χ0v) is 13.0. The molecule has 0 aliphatic rings. The van der Waals surface area contributed by atoms with Crippen LogP contribution in [0.1, 0.15) is 25.2 Å². The van der Waals surface area contributed by atoms with E-state index in [9.17, 15) is 0 Å². The van der Waals surface area contributed by atoms with Crippen LogP contribution in [-0.2, 0) is 19.6 Å². The van der Waals surface area contributed by atoms with Gasteiger partial charge in [-0.25, -0.2) is 0 Å². The Hall–Kier alpha value is -1.39.